The van der Waals surface area contributed by atoms with Gasteiger partial charge < -0.3 is 10.6 Å². The van der Waals surface area contributed by atoms with E-state index in [1.165, 1.54) is 28.8 Å². The minimum atomic E-state index is 0.721. The average molecular weight is 252 g/mol. The quantitative estimate of drug-likeness (QED) is 0.906. The maximum Gasteiger partial charge on any atom is 0.0429 e. The molecule has 19 heavy (non-hydrogen) atoms. The van der Waals surface area contributed by atoms with Crippen LogP contribution in [0.25, 0.3) is 0 Å². The Morgan fingerprint density at radius 2 is 1.68 bits per heavy atom. The number of hydrogen-bond acceptors (Lipinski definition) is 2. The first-order valence-electron chi connectivity index (χ1n) is 6.97. The van der Waals surface area contributed by atoms with Gasteiger partial charge in [-0.15, -0.1) is 0 Å². The Kier molecular flexibility index (Phi) is 3.51. The third kappa shape index (κ3) is 2.64. The van der Waals surface area contributed by atoms with Gasteiger partial charge in [-0.1, -0.05) is 42.5 Å². The van der Waals surface area contributed by atoms with Gasteiger partial charge in [0.25, 0.3) is 0 Å². The number of hydrogen-bond donors (Lipinski definition) is 1. The maximum absolute atomic E-state index is 5.58. The summed E-state index contributed by atoms with van der Waals surface area (Å²) < 4.78 is 0. The van der Waals surface area contributed by atoms with E-state index in [1.807, 2.05) is 0 Å². The summed E-state index contributed by atoms with van der Waals surface area (Å²) in [5.74, 6) is 0. The highest BCUT2D eigenvalue weighted by atomic mass is 15.1. The summed E-state index contributed by atoms with van der Waals surface area (Å²) in [6.45, 7) is 2.85. The molecular formula is C17H20N2. The van der Waals surface area contributed by atoms with Crippen LogP contribution in [0.15, 0.2) is 48.5 Å². The first kappa shape index (κ1) is 12.2. The van der Waals surface area contributed by atoms with Gasteiger partial charge in [-0.25, -0.2) is 0 Å². The SMILES string of the molecule is NCCc1ccc(CN2CCc3ccccc32)cc1. The summed E-state index contributed by atoms with van der Waals surface area (Å²) in [6.07, 6.45) is 2.13. The molecule has 0 radical (unpaired) electrons. The number of rotatable bonds is 4. The molecule has 0 fully saturated rings. The zero-order valence-corrected chi connectivity index (χ0v) is 11.2. The molecule has 0 unspecified atom stereocenters. The molecule has 98 valence electrons. The third-order valence-electron chi connectivity index (χ3n) is 3.81. The fraction of sp³-hybridized carbons (Fsp3) is 0.294. The zero-order valence-electron chi connectivity index (χ0n) is 11.2. The van der Waals surface area contributed by atoms with Crippen molar-refractivity contribution < 1.29 is 0 Å². The zero-order chi connectivity index (χ0) is 13.1. The molecule has 2 aromatic rings. The summed E-state index contributed by atoms with van der Waals surface area (Å²) in [5, 5.41) is 0. The number of fused-ring (bicyclic) bond motifs is 1. The second kappa shape index (κ2) is 5.45. The molecule has 0 aromatic heterocycles. The normalized spacial score (nSPS) is 13.6. The molecular weight excluding hydrogens is 232 g/mol. The minimum Gasteiger partial charge on any atom is -0.367 e. The largest absolute Gasteiger partial charge is 0.367 e. The summed E-state index contributed by atoms with van der Waals surface area (Å²) in [6, 6.07) is 17.6. The molecule has 0 bridgehead atoms. The molecule has 0 aliphatic carbocycles. The fourth-order valence-corrected chi connectivity index (χ4v) is 2.77. The van der Waals surface area contributed by atoms with Crippen molar-refractivity contribution in [2.75, 3.05) is 18.0 Å². The van der Waals surface area contributed by atoms with Crippen molar-refractivity contribution >= 4 is 5.69 Å². The van der Waals surface area contributed by atoms with E-state index >= 15 is 0 Å². The van der Waals surface area contributed by atoms with E-state index < -0.39 is 0 Å². The summed E-state index contributed by atoms with van der Waals surface area (Å²) in [5.41, 5.74) is 11.1. The van der Waals surface area contributed by atoms with Crippen molar-refractivity contribution in [2.45, 2.75) is 19.4 Å². The number of anilines is 1. The van der Waals surface area contributed by atoms with E-state index in [2.05, 4.69) is 53.4 Å². The topological polar surface area (TPSA) is 29.3 Å². The van der Waals surface area contributed by atoms with Gasteiger partial charge in [0.05, 0.1) is 0 Å². The van der Waals surface area contributed by atoms with E-state index in [-0.39, 0.29) is 0 Å². The Hall–Kier alpha value is -1.80. The Morgan fingerprint density at radius 1 is 0.947 bits per heavy atom. The first-order valence-corrected chi connectivity index (χ1v) is 6.97. The standard InChI is InChI=1S/C17H20N2/c18-11-9-14-5-7-15(8-6-14)13-19-12-10-16-3-1-2-4-17(16)19/h1-8H,9-13,18H2. The van der Waals surface area contributed by atoms with Crippen LogP contribution in [0.4, 0.5) is 5.69 Å². The number of benzene rings is 2. The van der Waals surface area contributed by atoms with E-state index in [1.54, 1.807) is 0 Å². The van der Waals surface area contributed by atoms with Gasteiger partial charge in [0.15, 0.2) is 0 Å². The van der Waals surface area contributed by atoms with E-state index in [0.29, 0.717) is 0 Å². The van der Waals surface area contributed by atoms with Crippen molar-refractivity contribution in [1.29, 1.82) is 0 Å². The predicted molar refractivity (Wildman–Crippen MR) is 80.4 cm³/mol. The number of nitrogens with two attached hydrogens (primary N) is 1. The van der Waals surface area contributed by atoms with E-state index in [9.17, 15) is 0 Å². The Morgan fingerprint density at radius 3 is 2.47 bits per heavy atom. The van der Waals surface area contributed by atoms with Crippen molar-refractivity contribution in [2.24, 2.45) is 5.73 Å². The van der Waals surface area contributed by atoms with E-state index in [4.69, 9.17) is 5.73 Å². The number of nitrogens with zero attached hydrogens (tertiary/aromatic N) is 1. The lowest BCUT2D eigenvalue weighted by molar-refractivity contribution is 0.835. The van der Waals surface area contributed by atoms with Gasteiger partial charge >= 0.3 is 0 Å². The van der Waals surface area contributed by atoms with Crippen molar-refractivity contribution in [3.05, 3.63) is 65.2 Å². The van der Waals surface area contributed by atoms with Crippen LogP contribution in [0.1, 0.15) is 16.7 Å². The lowest BCUT2D eigenvalue weighted by atomic mass is 10.1. The van der Waals surface area contributed by atoms with Gasteiger partial charge in [0, 0.05) is 18.8 Å². The molecule has 1 aliphatic heterocycles. The summed E-state index contributed by atoms with van der Waals surface area (Å²) >= 11 is 0. The number of para-hydroxylation sites is 1. The van der Waals surface area contributed by atoms with Crippen LogP contribution in [-0.2, 0) is 19.4 Å². The fourth-order valence-electron chi connectivity index (χ4n) is 2.77. The summed E-state index contributed by atoms with van der Waals surface area (Å²) in [7, 11) is 0. The van der Waals surface area contributed by atoms with Crippen LogP contribution < -0.4 is 10.6 Å². The second-order valence-electron chi connectivity index (χ2n) is 5.16. The van der Waals surface area contributed by atoms with Gasteiger partial charge in [-0.2, -0.15) is 0 Å². The molecule has 2 nitrogen and oxygen atoms in total. The van der Waals surface area contributed by atoms with Crippen LogP contribution in [-0.4, -0.2) is 13.1 Å². The molecule has 1 heterocycles. The smallest absolute Gasteiger partial charge is 0.0429 e. The maximum atomic E-state index is 5.58. The predicted octanol–water partition coefficient (Wildman–Crippen LogP) is 2.75. The van der Waals surface area contributed by atoms with Gasteiger partial charge in [0.2, 0.25) is 0 Å². The van der Waals surface area contributed by atoms with Crippen molar-refractivity contribution in [3.63, 3.8) is 0 Å². The van der Waals surface area contributed by atoms with Crippen LogP contribution in [0.3, 0.4) is 0 Å². The average Bonchev–Trinajstić information content (AvgIpc) is 2.85. The monoisotopic (exact) mass is 252 g/mol. The molecule has 0 saturated heterocycles. The molecule has 1 aliphatic rings. The Balaban J connectivity index is 1.72. The van der Waals surface area contributed by atoms with Gasteiger partial charge in [0.1, 0.15) is 0 Å². The second-order valence-corrected chi connectivity index (χ2v) is 5.16. The minimum absolute atomic E-state index is 0.721. The highest BCUT2D eigenvalue weighted by molar-refractivity contribution is 5.58. The van der Waals surface area contributed by atoms with Crippen LogP contribution in [0, 0.1) is 0 Å². The van der Waals surface area contributed by atoms with Crippen molar-refractivity contribution in [3.8, 4) is 0 Å². The molecule has 3 rings (SSSR count). The first-order chi connectivity index (χ1) is 9.36. The lowest BCUT2D eigenvalue weighted by Crippen LogP contribution is -2.19. The van der Waals surface area contributed by atoms with Gasteiger partial charge in [-0.05, 0) is 42.1 Å². The molecule has 0 atom stereocenters. The third-order valence-corrected chi connectivity index (χ3v) is 3.81. The van der Waals surface area contributed by atoms with Gasteiger partial charge in [-0.3, -0.25) is 0 Å². The molecule has 0 amide bonds. The van der Waals surface area contributed by atoms with Crippen LogP contribution in [0.2, 0.25) is 0 Å². The summed E-state index contributed by atoms with van der Waals surface area (Å²) in [4.78, 5) is 2.47. The molecule has 2 N–H and O–H groups in total. The Labute approximate surface area is 114 Å². The van der Waals surface area contributed by atoms with Crippen molar-refractivity contribution in [1.82, 2.24) is 0 Å². The van der Waals surface area contributed by atoms with Crippen LogP contribution >= 0.6 is 0 Å². The molecule has 2 aromatic carbocycles. The highest BCUT2D eigenvalue weighted by Crippen LogP contribution is 2.28. The molecule has 0 spiro atoms. The molecule has 0 saturated carbocycles. The molecule has 2 heteroatoms. The lowest BCUT2D eigenvalue weighted by Gasteiger charge is -2.19. The highest BCUT2D eigenvalue weighted by Gasteiger charge is 2.17. The Bertz CT molecular complexity index is 545. The van der Waals surface area contributed by atoms with Crippen LogP contribution in [0.5, 0.6) is 0 Å². The van der Waals surface area contributed by atoms with E-state index in [0.717, 1.165) is 26.1 Å².